The summed E-state index contributed by atoms with van der Waals surface area (Å²) < 4.78 is 24.6. The molecule has 13 nitrogen and oxygen atoms in total. The molecule has 0 spiro atoms. The molecule has 4 saturated carbocycles. The average molecular weight is 785 g/mol. The van der Waals surface area contributed by atoms with Crippen LogP contribution in [-0.4, -0.2) is 139 Å². The monoisotopic (exact) mass is 784 g/mol. The maximum atomic E-state index is 12.1. The summed E-state index contributed by atoms with van der Waals surface area (Å²) in [4.78, 5) is 0. The van der Waals surface area contributed by atoms with Gasteiger partial charge in [0, 0.05) is 5.92 Å². The van der Waals surface area contributed by atoms with Gasteiger partial charge in [-0.25, -0.2) is 0 Å². The Bertz CT molecular complexity index is 1340. The van der Waals surface area contributed by atoms with Crippen LogP contribution in [0.3, 0.4) is 0 Å². The van der Waals surface area contributed by atoms with Gasteiger partial charge in [-0.15, -0.1) is 0 Å². The first-order valence-electron chi connectivity index (χ1n) is 21.0. The second kappa shape index (κ2) is 16.3. The molecule has 0 radical (unpaired) electrons. The zero-order valence-electron chi connectivity index (χ0n) is 34.0. The van der Waals surface area contributed by atoms with Crippen LogP contribution in [0, 0.1) is 51.8 Å². The Balaban J connectivity index is 1.20. The van der Waals surface area contributed by atoms with Crippen molar-refractivity contribution in [3.63, 3.8) is 0 Å². The van der Waals surface area contributed by atoms with Crippen molar-refractivity contribution >= 4 is 0 Å². The SMILES string of the molecule is CC(C)=CCC[C@](C)(O)[C@@H]1CC[C@]2(C)C3CCC4C(C)(C)C(O[C@@H]5O[C@H](CO)[C@@H](O)[C@H](O)[C@H]5O[C@@H]5O[C@H](CO)[C@@H](O)[C@H](CO)[C@H]5O)CC[C@]4(C)C3C[C@H](O)[C@H]12. The van der Waals surface area contributed by atoms with Crippen LogP contribution in [0.1, 0.15) is 106 Å². The van der Waals surface area contributed by atoms with Crippen molar-refractivity contribution in [2.24, 2.45) is 51.8 Å². The zero-order valence-corrected chi connectivity index (χ0v) is 34.0. The lowest BCUT2D eigenvalue weighted by atomic mass is 9.39. The number of aliphatic hydroxyl groups is 9. The summed E-state index contributed by atoms with van der Waals surface area (Å²) >= 11 is 0. The van der Waals surface area contributed by atoms with E-state index in [9.17, 15) is 46.0 Å². The third-order valence-corrected chi connectivity index (χ3v) is 16.2. The number of hydrogen-bond donors (Lipinski definition) is 9. The fraction of sp³-hybridized carbons (Fsp3) is 0.952. The molecule has 20 atom stereocenters. The molecule has 4 unspecified atom stereocenters. The first-order valence-corrected chi connectivity index (χ1v) is 21.0. The third-order valence-electron chi connectivity index (χ3n) is 16.2. The Hall–Kier alpha value is -0.780. The Morgan fingerprint density at radius 2 is 1.38 bits per heavy atom. The number of aliphatic hydroxyl groups excluding tert-OH is 8. The molecule has 2 saturated heterocycles. The van der Waals surface area contributed by atoms with E-state index in [0.717, 1.165) is 38.5 Å². The largest absolute Gasteiger partial charge is 0.396 e. The Labute approximate surface area is 327 Å². The van der Waals surface area contributed by atoms with E-state index < -0.39 is 104 Å². The van der Waals surface area contributed by atoms with E-state index in [1.165, 1.54) is 5.57 Å². The lowest BCUT2D eigenvalue weighted by Gasteiger charge is -2.66. The van der Waals surface area contributed by atoms with Crippen molar-refractivity contribution < 1.29 is 64.9 Å². The molecule has 0 amide bonds. The first kappa shape index (κ1) is 43.8. The molecule has 6 aliphatic rings. The summed E-state index contributed by atoms with van der Waals surface area (Å²) in [5.41, 5.74) is -0.202. The molecule has 6 rings (SSSR count). The predicted octanol–water partition coefficient (Wildman–Crippen LogP) is 2.01. The molecule has 9 N–H and O–H groups in total. The number of allylic oxidation sites excluding steroid dienone is 2. The molecule has 2 aliphatic heterocycles. The van der Waals surface area contributed by atoms with Crippen molar-refractivity contribution in [3.8, 4) is 0 Å². The van der Waals surface area contributed by atoms with Gasteiger partial charge in [-0.1, -0.05) is 39.3 Å². The van der Waals surface area contributed by atoms with Gasteiger partial charge in [-0.05, 0) is 124 Å². The lowest BCUT2D eigenvalue weighted by molar-refractivity contribution is -0.376. The quantitative estimate of drug-likeness (QED) is 0.108. The van der Waals surface area contributed by atoms with Crippen molar-refractivity contribution in [2.45, 2.75) is 179 Å². The molecule has 0 aromatic carbocycles. The predicted molar refractivity (Wildman–Crippen MR) is 201 cm³/mol. The fourth-order valence-electron chi connectivity index (χ4n) is 13.2. The van der Waals surface area contributed by atoms with Crippen LogP contribution in [0.25, 0.3) is 0 Å². The standard InChI is InChI=1S/C42H72O13/c1-21(2)9-8-14-42(7,51)24-12-15-41(6)23-10-11-29-39(3,4)30(13-16-40(29,5)25(23)17-26(46)31(24)41)54-38-36(35(50)34(49)28(20-45)53-38)55-37-33(48)22(18-43)32(47)27(19-44)52-37/h9,22-38,43-51H,8,10-20H2,1-7H3/t22-,23?,24+,25?,26-,27+,28+,29?,30?,31-,32-,33+,34+,35-,36+,37-,38-,40+,41+,42-/m0/s1. The van der Waals surface area contributed by atoms with Crippen LogP contribution >= 0.6 is 0 Å². The summed E-state index contributed by atoms with van der Waals surface area (Å²) in [6, 6.07) is 0. The van der Waals surface area contributed by atoms with Crippen molar-refractivity contribution in [1.82, 2.24) is 0 Å². The lowest BCUT2D eigenvalue weighted by Crippen LogP contribution is -2.66. The summed E-state index contributed by atoms with van der Waals surface area (Å²) in [7, 11) is 0. The van der Waals surface area contributed by atoms with E-state index in [1.807, 2.05) is 6.92 Å². The van der Waals surface area contributed by atoms with Crippen LogP contribution in [0.15, 0.2) is 11.6 Å². The summed E-state index contributed by atoms with van der Waals surface area (Å²) in [6.45, 7) is 13.5. The topological polar surface area (TPSA) is 219 Å². The van der Waals surface area contributed by atoms with E-state index >= 15 is 0 Å². The van der Waals surface area contributed by atoms with Gasteiger partial charge in [0.05, 0.1) is 43.7 Å². The molecular weight excluding hydrogens is 712 g/mol. The smallest absolute Gasteiger partial charge is 0.187 e. The molecule has 0 aromatic heterocycles. The highest BCUT2D eigenvalue weighted by Crippen LogP contribution is 2.71. The van der Waals surface area contributed by atoms with E-state index in [2.05, 4.69) is 47.6 Å². The van der Waals surface area contributed by atoms with Gasteiger partial charge < -0.3 is 64.9 Å². The molecule has 4 aliphatic carbocycles. The minimum atomic E-state index is -1.62. The summed E-state index contributed by atoms with van der Waals surface area (Å²) in [5.74, 6) is -0.106. The maximum absolute atomic E-state index is 12.1. The Morgan fingerprint density at radius 3 is 2.02 bits per heavy atom. The molecule has 6 fully saturated rings. The molecule has 0 bridgehead atoms. The minimum absolute atomic E-state index is 0.0418. The van der Waals surface area contributed by atoms with Gasteiger partial charge in [-0.3, -0.25) is 0 Å². The second-order valence-electron chi connectivity index (χ2n) is 19.9. The Kier molecular flexibility index (Phi) is 13.0. The molecule has 0 aromatic rings. The number of rotatable bonds is 11. The Morgan fingerprint density at radius 1 is 0.745 bits per heavy atom. The van der Waals surface area contributed by atoms with E-state index in [0.29, 0.717) is 25.2 Å². The zero-order chi connectivity index (χ0) is 40.4. The fourth-order valence-corrected chi connectivity index (χ4v) is 13.2. The molecule has 318 valence electrons. The van der Waals surface area contributed by atoms with Crippen LogP contribution in [0.5, 0.6) is 0 Å². The normalized spacial score (nSPS) is 50.7. The van der Waals surface area contributed by atoms with Crippen molar-refractivity contribution in [1.29, 1.82) is 0 Å². The molecule has 2 heterocycles. The average Bonchev–Trinajstić information content (AvgIpc) is 3.50. The minimum Gasteiger partial charge on any atom is -0.396 e. The summed E-state index contributed by atoms with van der Waals surface area (Å²) in [5, 5.41) is 97.4. The van der Waals surface area contributed by atoms with Gasteiger partial charge in [0.2, 0.25) is 0 Å². The van der Waals surface area contributed by atoms with Crippen molar-refractivity contribution in [3.05, 3.63) is 11.6 Å². The highest BCUT2D eigenvalue weighted by atomic mass is 16.8. The van der Waals surface area contributed by atoms with E-state index in [-0.39, 0.29) is 34.5 Å². The number of ether oxygens (including phenoxy) is 4. The van der Waals surface area contributed by atoms with E-state index in [4.69, 9.17) is 18.9 Å². The van der Waals surface area contributed by atoms with Crippen LogP contribution in [0.2, 0.25) is 0 Å². The van der Waals surface area contributed by atoms with E-state index in [1.54, 1.807) is 0 Å². The highest BCUT2D eigenvalue weighted by molar-refractivity contribution is 5.16. The van der Waals surface area contributed by atoms with Crippen LogP contribution in [-0.2, 0) is 18.9 Å². The van der Waals surface area contributed by atoms with Crippen molar-refractivity contribution in [2.75, 3.05) is 19.8 Å². The third kappa shape index (κ3) is 7.64. The first-order chi connectivity index (χ1) is 25.8. The molecular formula is C42H72O13. The van der Waals surface area contributed by atoms with Crippen LogP contribution < -0.4 is 0 Å². The number of hydrogen-bond acceptors (Lipinski definition) is 13. The van der Waals surface area contributed by atoms with Gasteiger partial charge in [0.25, 0.3) is 0 Å². The summed E-state index contributed by atoms with van der Waals surface area (Å²) in [6.07, 6.45) is -3.80. The molecule has 55 heavy (non-hydrogen) atoms. The van der Waals surface area contributed by atoms with Gasteiger partial charge >= 0.3 is 0 Å². The highest BCUT2D eigenvalue weighted by Gasteiger charge is 2.67. The van der Waals surface area contributed by atoms with Gasteiger partial charge in [0.1, 0.15) is 36.6 Å². The maximum Gasteiger partial charge on any atom is 0.187 e. The van der Waals surface area contributed by atoms with Crippen LogP contribution in [0.4, 0.5) is 0 Å². The molecule has 13 heteroatoms. The number of fused-ring (bicyclic) bond motifs is 5. The van der Waals surface area contributed by atoms with Gasteiger partial charge in [0.15, 0.2) is 12.6 Å². The van der Waals surface area contributed by atoms with Gasteiger partial charge in [-0.2, -0.15) is 0 Å². The second-order valence-corrected chi connectivity index (χ2v) is 19.9.